The van der Waals surface area contributed by atoms with Crippen molar-refractivity contribution < 1.29 is 31.1 Å². The van der Waals surface area contributed by atoms with Gasteiger partial charge in [-0.05, 0) is 25.1 Å². The summed E-state index contributed by atoms with van der Waals surface area (Å²) in [4.78, 5) is 19.5. The molecule has 0 aliphatic heterocycles. The Hall–Kier alpha value is -3.22. The van der Waals surface area contributed by atoms with E-state index in [1.807, 2.05) is 0 Å². The third kappa shape index (κ3) is 3.74. The number of halogens is 3. The smallest absolute Gasteiger partial charge is 0.418 e. The van der Waals surface area contributed by atoms with Gasteiger partial charge in [-0.3, -0.25) is 4.72 Å². The average Bonchev–Trinajstić information content (AvgIpc) is 3.06. The molecule has 2 heterocycles. The molecule has 0 saturated heterocycles. The monoisotopic (exact) mass is 415 g/mol. The van der Waals surface area contributed by atoms with Gasteiger partial charge in [0.15, 0.2) is 0 Å². The molecule has 28 heavy (non-hydrogen) atoms. The van der Waals surface area contributed by atoms with Crippen molar-refractivity contribution in [3.05, 3.63) is 47.8 Å². The molecule has 2 aromatic heterocycles. The topological polar surface area (TPSA) is 116 Å². The lowest BCUT2D eigenvalue weighted by atomic mass is 10.1. The van der Waals surface area contributed by atoms with E-state index in [0.717, 1.165) is 16.6 Å². The molecule has 0 unspecified atom stereocenters. The van der Waals surface area contributed by atoms with Crippen LogP contribution in [0, 0.1) is 0 Å². The molecule has 0 bridgehead atoms. The van der Waals surface area contributed by atoms with Crippen molar-refractivity contribution >= 4 is 27.5 Å². The molecule has 1 N–H and O–H groups in total. The summed E-state index contributed by atoms with van der Waals surface area (Å²) in [7, 11) is -4.67. The van der Waals surface area contributed by atoms with Gasteiger partial charge in [0.2, 0.25) is 0 Å². The molecule has 13 heteroatoms. The molecular weight excluding hydrogens is 403 g/mol. The maximum Gasteiger partial charge on any atom is 0.418 e. The second-order valence-electron chi connectivity index (χ2n) is 5.31. The number of benzene rings is 1. The second kappa shape index (κ2) is 7.07. The van der Waals surface area contributed by atoms with E-state index in [2.05, 4.69) is 15.1 Å². The number of nitrogens with one attached hydrogen (secondary N) is 1. The van der Waals surface area contributed by atoms with Crippen LogP contribution in [0.5, 0.6) is 0 Å². The number of rotatable bonds is 5. The summed E-state index contributed by atoms with van der Waals surface area (Å²) in [6.07, 6.45) is -2.23. The van der Waals surface area contributed by atoms with Crippen LogP contribution in [0.25, 0.3) is 5.78 Å². The van der Waals surface area contributed by atoms with Gasteiger partial charge in [0.05, 0.1) is 23.4 Å². The Morgan fingerprint density at radius 3 is 2.68 bits per heavy atom. The van der Waals surface area contributed by atoms with E-state index in [9.17, 15) is 26.4 Å². The standard InChI is InChI=1S/C15H12F3N5O4S/c1-2-27-12(24)9-5-3-6-10(15(16,17)18)11(9)22-28(25,26)14-20-13-19-7-4-8-23(13)21-14/h3-8,22H,2H2,1H3. The predicted octanol–water partition coefficient (Wildman–Crippen LogP) is 2.12. The zero-order chi connectivity index (χ0) is 20.5. The molecule has 0 saturated carbocycles. The van der Waals surface area contributed by atoms with Crippen molar-refractivity contribution in [2.24, 2.45) is 0 Å². The van der Waals surface area contributed by atoms with Crippen LogP contribution < -0.4 is 4.72 Å². The SMILES string of the molecule is CCOC(=O)c1cccc(C(F)(F)F)c1NS(=O)(=O)c1nc2ncccn2n1. The van der Waals surface area contributed by atoms with E-state index in [1.165, 1.54) is 25.4 Å². The zero-order valence-corrected chi connectivity index (χ0v) is 15.0. The number of fused-ring (bicyclic) bond motifs is 1. The van der Waals surface area contributed by atoms with Crippen LogP contribution >= 0.6 is 0 Å². The van der Waals surface area contributed by atoms with E-state index in [0.29, 0.717) is 6.07 Å². The van der Waals surface area contributed by atoms with Crippen molar-refractivity contribution in [3.8, 4) is 0 Å². The predicted molar refractivity (Wildman–Crippen MR) is 89.0 cm³/mol. The molecule has 0 aliphatic carbocycles. The van der Waals surface area contributed by atoms with Gasteiger partial charge < -0.3 is 4.74 Å². The molecule has 1 aromatic carbocycles. The van der Waals surface area contributed by atoms with Crippen molar-refractivity contribution in [1.82, 2.24) is 19.6 Å². The van der Waals surface area contributed by atoms with E-state index < -0.39 is 44.1 Å². The number of sulfonamides is 1. The highest BCUT2D eigenvalue weighted by Crippen LogP contribution is 2.37. The first-order valence-electron chi connectivity index (χ1n) is 7.71. The second-order valence-corrected chi connectivity index (χ2v) is 6.89. The van der Waals surface area contributed by atoms with Crippen LogP contribution in [0.1, 0.15) is 22.8 Å². The van der Waals surface area contributed by atoms with Crippen molar-refractivity contribution in [1.29, 1.82) is 0 Å². The normalized spacial score (nSPS) is 12.1. The minimum absolute atomic E-state index is 0.0717. The molecule has 148 valence electrons. The highest BCUT2D eigenvalue weighted by molar-refractivity contribution is 7.92. The molecule has 3 rings (SSSR count). The summed E-state index contributed by atoms with van der Waals surface area (Å²) < 4.78 is 72.9. The Balaban J connectivity index is 2.12. The van der Waals surface area contributed by atoms with E-state index in [1.54, 1.807) is 4.72 Å². The molecule has 3 aromatic rings. The number of esters is 1. The summed E-state index contributed by atoms with van der Waals surface area (Å²) in [6, 6.07) is 4.09. The van der Waals surface area contributed by atoms with Crippen molar-refractivity contribution in [2.75, 3.05) is 11.3 Å². The molecule has 0 fully saturated rings. The van der Waals surface area contributed by atoms with Gasteiger partial charge in [0.25, 0.3) is 21.0 Å². The Kier molecular flexibility index (Phi) is 4.93. The van der Waals surface area contributed by atoms with Gasteiger partial charge in [-0.2, -0.15) is 26.6 Å². The van der Waals surface area contributed by atoms with Crippen LogP contribution in [0.4, 0.5) is 18.9 Å². The third-order valence-electron chi connectivity index (χ3n) is 3.44. The first kappa shape index (κ1) is 19.5. The molecule has 0 atom stereocenters. The summed E-state index contributed by atoms with van der Waals surface area (Å²) in [5.41, 5.74) is -2.93. The van der Waals surface area contributed by atoms with Crippen LogP contribution in [0.15, 0.2) is 41.8 Å². The fourth-order valence-corrected chi connectivity index (χ4v) is 3.26. The molecule has 0 aliphatic rings. The zero-order valence-electron chi connectivity index (χ0n) is 14.1. The number of para-hydroxylation sites is 1. The molecule has 0 amide bonds. The van der Waals surface area contributed by atoms with E-state index >= 15 is 0 Å². The van der Waals surface area contributed by atoms with Crippen LogP contribution in [-0.4, -0.2) is 40.6 Å². The number of hydrogen-bond acceptors (Lipinski definition) is 7. The fourth-order valence-electron chi connectivity index (χ4n) is 2.29. The Morgan fingerprint density at radius 2 is 2.04 bits per heavy atom. The maximum atomic E-state index is 13.4. The molecule has 9 nitrogen and oxygen atoms in total. The Morgan fingerprint density at radius 1 is 1.29 bits per heavy atom. The van der Waals surface area contributed by atoms with Gasteiger partial charge in [-0.25, -0.2) is 14.3 Å². The lowest BCUT2D eigenvalue weighted by Gasteiger charge is -2.16. The van der Waals surface area contributed by atoms with E-state index in [-0.39, 0.29) is 12.4 Å². The number of nitrogens with zero attached hydrogens (tertiary/aromatic N) is 4. The van der Waals surface area contributed by atoms with Gasteiger partial charge in [0.1, 0.15) is 0 Å². The maximum absolute atomic E-state index is 13.4. The molecule has 0 spiro atoms. The summed E-state index contributed by atoms with van der Waals surface area (Å²) in [5, 5.41) is 2.87. The number of alkyl halides is 3. The number of ether oxygens (including phenoxy) is 1. The minimum atomic E-state index is -4.94. The molecule has 0 radical (unpaired) electrons. The third-order valence-corrected chi connectivity index (χ3v) is 4.57. The lowest BCUT2D eigenvalue weighted by Crippen LogP contribution is -2.21. The van der Waals surface area contributed by atoms with Crippen molar-refractivity contribution in [3.63, 3.8) is 0 Å². The minimum Gasteiger partial charge on any atom is -0.462 e. The lowest BCUT2D eigenvalue weighted by molar-refractivity contribution is -0.136. The highest BCUT2D eigenvalue weighted by Gasteiger charge is 2.37. The quantitative estimate of drug-likeness (QED) is 0.635. The summed E-state index contributed by atoms with van der Waals surface area (Å²) in [5.74, 6) is -1.19. The van der Waals surface area contributed by atoms with Gasteiger partial charge in [-0.1, -0.05) is 6.07 Å². The molecular formula is C15H12F3N5O4S. The Bertz CT molecular complexity index is 1110. The first-order chi connectivity index (χ1) is 13.1. The number of carbonyl (C=O) groups is 1. The number of aromatic nitrogens is 4. The number of hydrogen-bond donors (Lipinski definition) is 1. The number of anilines is 1. The van der Waals surface area contributed by atoms with Crippen LogP contribution in [-0.2, 0) is 20.9 Å². The summed E-state index contributed by atoms with van der Waals surface area (Å²) >= 11 is 0. The average molecular weight is 415 g/mol. The highest BCUT2D eigenvalue weighted by atomic mass is 32.2. The summed E-state index contributed by atoms with van der Waals surface area (Å²) in [6.45, 7) is 1.35. The van der Waals surface area contributed by atoms with E-state index in [4.69, 9.17) is 4.74 Å². The van der Waals surface area contributed by atoms with Crippen LogP contribution in [0.2, 0.25) is 0 Å². The van der Waals surface area contributed by atoms with Crippen molar-refractivity contribution in [2.45, 2.75) is 18.3 Å². The van der Waals surface area contributed by atoms with Crippen LogP contribution in [0.3, 0.4) is 0 Å². The first-order valence-corrected chi connectivity index (χ1v) is 9.19. The van der Waals surface area contributed by atoms with Gasteiger partial charge in [0, 0.05) is 12.4 Å². The van der Waals surface area contributed by atoms with Gasteiger partial charge >= 0.3 is 12.1 Å². The fraction of sp³-hybridized carbons (Fsp3) is 0.200. The Labute approximate surface area is 156 Å². The van der Waals surface area contributed by atoms with Gasteiger partial charge in [-0.15, -0.1) is 5.10 Å². The number of carbonyl (C=O) groups excluding carboxylic acids is 1. The largest absolute Gasteiger partial charge is 0.462 e.